The first-order chi connectivity index (χ1) is 9.74. The molecule has 0 aliphatic rings. The van der Waals surface area contributed by atoms with E-state index in [9.17, 15) is 0 Å². The molecular weight excluding hydrogens is 266 g/mol. The van der Waals surface area contributed by atoms with E-state index in [0.29, 0.717) is 6.04 Å². The number of nitrogens with zero attached hydrogens (tertiary/aromatic N) is 2. The molecule has 2 aromatic heterocycles. The fourth-order valence-corrected chi connectivity index (χ4v) is 2.94. The molecule has 0 spiro atoms. The lowest BCUT2D eigenvalue weighted by atomic mass is 10.1. The van der Waals surface area contributed by atoms with Gasteiger partial charge >= 0.3 is 0 Å². The van der Waals surface area contributed by atoms with Crippen LogP contribution in [0, 0.1) is 0 Å². The molecule has 1 aromatic carbocycles. The number of thiazole rings is 1. The summed E-state index contributed by atoms with van der Waals surface area (Å²) >= 11 is 1.68. The van der Waals surface area contributed by atoms with Gasteiger partial charge in [0.05, 0.1) is 11.2 Å². The number of aromatic nitrogens is 2. The van der Waals surface area contributed by atoms with Crippen LogP contribution in [0.2, 0.25) is 0 Å². The molecule has 102 valence electrons. The number of benzene rings is 1. The van der Waals surface area contributed by atoms with Crippen LogP contribution in [0.5, 0.6) is 0 Å². The first kappa shape index (κ1) is 13.2. The Hall–Kier alpha value is -1.78. The van der Waals surface area contributed by atoms with Gasteiger partial charge in [-0.05, 0) is 12.1 Å². The van der Waals surface area contributed by atoms with Crippen molar-refractivity contribution < 1.29 is 0 Å². The fraction of sp³-hybridized carbons (Fsp3) is 0.250. The quantitative estimate of drug-likeness (QED) is 0.790. The number of para-hydroxylation sites is 1. The average Bonchev–Trinajstić information content (AvgIpc) is 2.93. The highest BCUT2D eigenvalue weighted by Crippen LogP contribution is 2.29. The summed E-state index contributed by atoms with van der Waals surface area (Å²) in [5.74, 6) is 0. The number of fused-ring (bicyclic) bond motifs is 1. The molecule has 0 fully saturated rings. The third-order valence-corrected chi connectivity index (χ3v) is 4.03. The van der Waals surface area contributed by atoms with E-state index >= 15 is 0 Å². The van der Waals surface area contributed by atoms with Gasteiger partial charge in [0, 0.05) is 35.1 Å². The lowest BCUT2D eigenvalue weighted by molar-refractivity contribution is 0.583. The number of pyridine rings is 1. The Balaban J connectivity index is 1.95. The predicted molar refractivity (Wildman–Crippen MR) is 84.8 cm³/mol. The standard InChI is InChI=1S/C16H17N3S/c1-11(2)18-9-13-10-20-16(19-13)14-7-3-5-12-6-4-8-17-15(12)14/h3-8,10-11,18H,9H2,1-2H3. The molecule has 0 aliphatic carbocycles. The van der Waals surface area contributed by atoms with E-state index in [1.807, 2.05) is 12.3 Å². The van der Waals surface area contributed by atoms with Gasteiger partial charge in [-0.2, -0.15) is 0 Å². The lowest BCUT2D eigenvalue weighted by Crippen LogP contribution is -2.21. The number of hydrogen-bond acceptors (Lipinski definition) is 4. The fourth-order valence-electron chi connectivity index (χ4n) is 2.10. The largest absolute Gasteiger partial charge is 0.309 e. The maximum absolute atomic E-state index is 4.72. The maximum atomic E-state index is 4.72. The molecule has 0 amide bonds. The van der Waals surface area contributed by atoms with Crippen LogP contribution in [0.3, 0.4) is 0 Å². The van der Waals surface area contributed by atoms with E-state index < -0.39 is 0 Å². The van der Waals surface area contributed by atoms with Crippen molar-refractivity contribution in [3.8, 4) is 10.6 Å². The molecule has 0 saturated heterocycles. The van der Waals surface area contributed by atoms with Gasteiger partial charge in [0.15, 0.2) is 0 Å². The molecule has 3 aromatic rings. The van der Waals surface area contributed by atoms with E-state index in [0.717, 1.165) is 33.7 Å². The summed E-state index contributed by atoms with van der Waals surface area (Å²) in [6.07, 6.45) is 1.83. The van der Waals surface area contributed by atoms with Crippen molar-refractivity contribution in [2.45, 2.75) is 26.4 Å². The van der Waals surface area contributed by atoms with Gasteiger partial charge in [-0.1, -0.05) is 32.0 Å². The van der Waals surface area contributed by atoms with E-state index in [2.05, 4.69) is 53.8 Å². The molecule has 1 N–H and O–H groups in total. The maximum Gasteiger partial charge on any atom is 0.125 e. The zero-order chi connectivity index (χ0) is 13.9. The summed E-state index contributed by atoms with van der Waals surface area (Å²) in [6.45, 7) is 5.09. The van der Waals surface area contributed by atoms with E-state index in [4.69, 9.17) is 4.98 Å². The topological polar surface area (TPSA) is 37.8 Å². The molecule has 0 unspecified atom stereocenters. The summed E-state index contributed by atoms with van der Waals surface area (Å²) < 4.78 is 0. The van der Waals surface area contributed by atoms with Crippen LogP contribution in [-0.4, -0.2) is 16.0 Å². The Labute approximate surface area is 122 Å². The third kappa shape index (κ3) is 2.71. The lowest BCUT2D eigenvalue weighted by Gasteiger charge is -2.05. The second-order valence-electron chi connectivity index (χ2n) is 5.06. The molecule has 0 saturated carbocycles. The first-order valence-corrected chi connectivity index (χ1v) is 7.64. The van der Waals surface area contributed by atoms with Gasteiger partial charge in [-0.3, -0.25) is 4.98 Å². The SMILES string of the molecule is CC(C)NCc1csc(-c2cccc3cccnc23)n1. The van der Waals surface area contributed by atoms with E-state index in [1.165, 1.54) is 0 Å². The predicted octanol–water partition coefficient (Wildman–Crippen LogP) is 3.86. The minimum Gasteiger partial charge on any atom is -0.309 e. The van der Waals surface area contributed by atoms with Gasteiger partial charge in [-0.15, -0.1) is 11.3 Å². The average molecular weight is 283 g/mol. The number of rotatable bonds is 4. The second-order valence-corrected chi connectivity index (χ2v) is 5.92. The van der Waals surface area contributed by atoms with Crippen molar-refractivity contribution in [3.63, 3.8) is 0 Å². The van der Waals surface area contributed by atoms with Crippen LogP contribution in [0.15, 0.2) is 41.9 Å². The monoisotopic (exact) mass is 283 g/mol. The normalized spacial score (nSPS) is 11.3. The van der Waals surface area contributed by atoms with Gasteiger partial charge in [0.1, 0.15) is 5.01 Å². The summed E-state index contributed by atoms with van der Waals surface area (Å²) in [4.78, 5) is 9.21. The van der Waals surface area contributed by atoms with Crippen molar-refractivity contribution in [2.24, 2.45) is 0 Å². The van der Waals surface area contributed by atoms with E-state index in [-0.39, 0.29) is 0 Å². The molecule has 0 atom stereocenters. The summed E-state index contributed by atoms with van der Waals surface area (Å²) in [5, 5.41) is 7.70. The van der Waals surface area contributed by atoms with Gasteiger partial charge in [0.25, 0.3) is 0 Å². The van der Waals surface area contributed by atoms with Crippen molar-refractivity contribution >= 4 is 22.2 Å². The minimum absolute atomic E-state index is 0.472. The van der Waals surface area contributed by atoms with Gasteiger partial charge < -0.3 is 5.32 Å². The third-order valence-electron chi connectivity index (χ3n) is 3.11. The van der Waals surface area contributed by atoms with Crippen molar-refractivity contribution in [1.29, 1.82) is 0 Å². The smallest absolute Gasteiger partial charge is 0.125 e. The van der Waals surface area contributed by atoms with Crippen LogP contribution >= 0.6 is 11.3 Å². The first-order valence-electron chi connectivity index (χ1n) is 6.76. The highest BCUT2D eigenvalue weighted by Gasteiger charge is 2.09. The van der Waals surface area contributed by atoms with Gasteiger partial charge in [-0.25, -0.2) is 4.98 Å². The van der Waals surface area contributed by atoms with Crippen LogP contribution < -0.4 is 5.32 Å². The summed E-state index contributed by atoms with van der Waals surface area (Å²) in [7, 11) is 0. The molecule has 0 aliphatic heterocycles. The molecule has 0 radical (unpaired) electrons. The summed E-state index contributed by atoms with van der Waals surface area (Å²) in [5.41, 5.74) is 3.23. The Bertz CT molecular complexity index is 713. The molecule has 20 heavy (non-hydrogen) atoms. The highest BCUT2D eigenvalue weighted by atomic mass is 32.1. The molecular formula is C16H17N3S. The van der Waals surface area contributed by atoms with Gasteiger partial charge in [0.2, 0.25) is 0 Å². The zero-order valence-corrected chi connectivity index (χ0v) is 12.4. The van der Waals surface area contributed by atoms with Crippen molar-refractivity contribution in [2.75, 3.05) is 0 Å². The molecule has 3 nitrogen and oxygen atoms in total. The summed E-state index contributed by atoms with van der Waals surface area (Å²) in [6, 6.07) is 10.8. The second kappa shape index (κ2) is 5.69. The van der Waals surface area contributed by atoms with Crippen LogP contribution in [-0.2, 0) is 6.54 Å². The van der Waals surface area contributed by atoms with Crippen molar-refractivity contribution in [3.05, 3.63) is 47.6 Å². The molecule has 4 heteroatoms. The number of nitrogens with one attached hydrogen (secondary N) is 1. The van der Waals surface area contributed by atoms with Crippen LogP contribution in [0.25, 0.3) is 21.5 Å². The Kier molecular flexibility index (Phi) is 3.76. The number of hydrogen-bond donors (Lipinski definition) is 1. The van der Waals surface area contributed by atoms with E-state index in [1.54, 1.807) is 11.3 Å². The Morgan fingerprint density at radius 3 is 2.90 bits per heavy atom. The molecule has 2 heterocycles. The van der Waals surface area contributed by atoms with Crippen molar-refractivity contribution in [1.82, 2.24) is 15.3 Å². The molecule has 0 bridgehead atoms. The zero-order valence-electron chi connectivity index (χ0n) is 11.6. The van der Waals surface area contributed by atoms with Crippen LogP contribution in [0.4, 0.5) is 0 Å². The molecule has 3 rings (SSSR count). The van der Waals surface area contributed by atoms with Crippen LogP contribution in [0.1, 0.15) is 19.5 Å². The Morgan fingerprint density at radius 2 is 2.05 bits per heavy atom. The highest BCUT2D eigenvalue weighted by molar-refractivity contribution is 7.13. The minimum atomic E-state index is 0.472. The Morgan fingerprint density at radius 1 is 1.20 bits per heavy atom.